The minimum Gasteiger partial charge on any atom is -0.345 e. The molecule has 4 heterocycles. The minimum absolute atomic E-state index is 0.00366. The van der Waals surface area contributed by atoms with Crippen LogP contribution in [0.2, 0.25) is 0 Å². The summed E-state index contributed by atoms with van der Waals surface area (Å²) in [6.07, 6.45) is 9.14. The van der Waals surface area contributed by atoms with Gasteiger partial charge in [0.1, 0.15) is 17.3 Å². The van der Waals surface area contributed by atoms with Gasteiger partial charge in [0.05, 0.1) is 11.3 Å². The van der Waals surface area contributed by atoms with E-state index in [1.165, 1.54) is 10.5 Å². The standard InChI is InChI=1S/C26H24F2N6O3S/c1-14-6-7-34(13-14)38(36,37)33-21-5-4-20(27)22(23(21)28)24(35)19-12-32-26-18(19)8-16(9-31-26)17-10-29-25(30-11-17)15-2-3-15/h4-5,8-12,14-15,33H,2-3,6-7,13H2,1H3,(H,31,32)/t14-/m1/s1. The van der Waals surface area contributed by atoms with E-state index in [4.69, 9.17) is 0 Å². The number of hydrogen-bond donors (Lipinski definition) is 2. The molecule has 0 unspecified atom stereocenters. The molecule has 38 heavy (non-hydrogen) atoms. The molecule has 1 saturated carbocycles. The average molecular weight is 539 g/mol. The van der Waals surface area contributed by atoms with Gasteiger partial charge in [0.2, 0.25) is 5.78 Å². The highest BCUT2D eigenvalue weighted by Gasteiger charge is 2.32. The first-order valence-electron chi connectivity index (χ1n) is 12.3. The van der Waals surface area contributed by atoms with Crippen LogP contribution in [0.25, 0.3) is 22.2 Å². The van der Waals surface area contributed by atoms with Crippen molar-refractivity contribution in [1.29, 1.82) is 0 Å². The normalized spacial score (nSPS) is 18.2. The van der Waals surface area contributed by atoms with Crippen molar-refractivity contribution in [2.75, 3.05) is 17.8 Å². The molecule has 0 spiro atoms. The van der Waals surface area contributed by atoms with Gasteiger partial charge in [0.15, 0.2) is 5.82 Å². The predicted octanol–water partition coefficient (Wildman–Crippen LogP) is 4.41. The van der Waals surface area contributed by atoms with E-state index in [1.807, 2.05) is 6.92 Å². The van der Waals surface area contributed by atoms with Crippen LogP contribution in [0.4, 0.5) is 14.5 Å². The van der Waals surface area contributed by atoms with Gasteiger partial charge in [0, 0.05) is 65.9 Å². The Labute approximate surface area is 217 Å². The van der Waals surface area contributed by atoms with Crippen molar-refractivity contribution in [3.05, 3.63) is 71.6 Å². The second kappa shape index (κ2) is 9.21. The Morgan fingerprint density at radius 2 is 1.82 bits per heavy atom. The molecule has 0 radical (unpaired) electrons. The highest BCUT2D eigenvalue weighted by molar-refractivity contribution is 7.90. The van der Waals surface area contributed by atoms with Gasteiger partial charge in [-0.05, 0) is 43.4 Å². The van der Waals surface area contributed by atoms with Gasteiger partial charge in [0.25, 0.3) is 0 Å². The molecule has 0 bridgehead atoms. The van der Waals surface area contributed by atoms with Gasteiger partial charge >= 0.3 is 10.2 Å². The molecule has 1 saturated heterocycles. The number of carbonyl (C=O) groups excluding carboxylic acids is 1. The zero-order chi connectivity index (χ0) is 26.6. The summed E-state index contributed by atoms with van der Waals surface area (Å²) >= 11 is 0. The van der Waals surface area contributed by atoms with Crippen LogP contribution in [0.1, 0.15) is 53.8 Å². The van der Waals surface area contributed by atoms with E-state index in [0.717, 1.165) is 30.8 Å². The lowest BCUT2D eigenvalue weighted by molar-refractivity contribution is 0.103. The number of rotatable bonds is 7. The van der Waals surface area contributed by atoms with Crippen molar-refractivity contribution in [2.24, 2.45) is 5.92 Å². The lowest BCUT2D eigenvalue weighted by Gasteiger charge is -2.18. The number of nitrogens with zero attached hydrogens (tertiary/aromatic N) is 4. The number of anilines is 1. The summed E-state index contributed by atoms with van der Waals surface area (Å²) in [5.41, 5.74) is 0.318. The maximum absolute atomic E-state index is 15.5. The number of aromatic nitrogens is 4. The number of benzene rings is 1. The van der Waals surface area contributed by atoms with Crippen LogP contribution < -0.4 is 4.72 Å². The van der Waals surface area contributed by atoms with Crippen molar-refractivity contribution in [3.63, 3.8) is 0 Å². The highest BCUT2D eigenvalue weighted by atomic mass is 32.2. The Hall–Kier alpha value is -3.77. The number of pyridine rings is 1. The monoisotopic (exact) mass is 538 g/mol. The number of hydrogen-bond acceptors (Lipinski definition) is 6. The van der Waals surface area contributed by atoms with E-state index in [2.05, 4.69) is 24.7 Å². The van der Waals surface area contributed by atoms with Crippen LogP contribution in [0.15, 0.2) is 43.0 Å². The molecule has 6 rings (SSSR count). The van der Waals surface area contributed by atoms with Crippen LogP contribution in [0, 0.1) is 17.6 Å². The molecule has 2 fully saturated rings. The Balaban J connectivity index is 1.33. The molecule has 0 amide bonds. The second-order valence-electron chi connectivity index (χ2n) is 9.90. The molecular weight excluding hydrogens is 514 g/mol. The van der Waals surface area contributed by atoms with Crippen molar-refractivity contribution < 1.29 is 22.0 Å². The van der Waals surface area contributed by atoms with Crippen LogP contribution in [0.3, 0.4) is 0 Å². The molecule has 2 aliphatic rings. The summed E-state index contributed by atoms with van der Waals surface area (Å²) < 4.78 is 59.2. The Morgan fingerprint density at radius 1 is 1.08 bits per heavy atom. The third-order valence-corrected chi connectivity index (χ3v) is 8.50. The Morgan fingerprint density at radius 3 is 2.50 bits per heavy atom. The van der Waals surface area contributed by atoms with Crippen LogP contribution >= 0.6 is 0 Å². The summed E-state index contributed by atoms with van der Waals surface area (Å²) in [6.45, 7) is 2.51. The quantitative estimate of drug-likeness (QED) is 0.337. The van der Waals surface area contributed by atoms with E-state index in [-0.39, 0.29) is 11.5 Å². The van der Waals surface area contributed by atoms with Crippen LogP contribution in [-0.2, 0) is 10.2 Å². The smallest absolute Gasteiger partial charge is 0.301 e. The van der Waals surface area contributed by atoms with Gasteiger partial charge in [-0.15, -0.1) is 0 Å². The summed E-state index contributed by atoms with van der Waals surface area (Å²) in [5.74, 6) is -1.96. The second-order valence-corrected chi connectivity index (χ2v) is 11.6. The van der Waals surface area contributed by atoms with E-state index in [0.29, 0.717) is 47.6 Å². The van der Waals surface area contributed by atoms with Gasteiger partial charge in [-0.2, -0.15) is 12.7 Å². The molecule has 1 aromatic carbocycles. The Bertz CT molecular complexity index is 1670. The zero-order valence-corrected chi connectivity index (χ0v) is 21.2. The fourth-order valence-electron chi connectivity index (χ4n) is 4.68. The predicted molar refractivity (Wildman–Crippen MR) is 137 cm³/mol. The van der Waals surface area contributed by atoms with Crippen molar-refractivity contribution in [2.45, 2.75) is 32.1 Å². The number of ketones is 1. The molecule has 1 aliphatic carbocycles. The van der Waals surface area contributed by atoms with E-state index < -0.39 is 38.9 Å². The van der Waals surface area contributed by atoms with Crippen molar-refractivity contribution in [1.82, 2.24) is 24.2 Å². The number of fused-ring (bicyclic) bond motifs is 1. The minimum atomic E-state index is -4.07. The summed E-state index contributed by atoms with van der Waals surface area (Å²) in [5, 5.41) is 0.356. The number of nitrogens with one attached hydrogen (secondary N) is 2. The first kappa shape index (κ1) is 24.6. The maximum Gasteiger partial charge on any atom is 0.301 e. The van der Waals surface area contributed by atoms with Crippen molar-refractivity contribution in [3.8, 4) is 11.1 Å². The topological polar surface area (TPSA) is 121 Å². The SMILES string of the molecule is C[C@@H]1CCN(S(=O)(=O)Nc2ccc(F)c(C(=O)c3c[nH]c4ncc(-c5cnc(C6CC6)nc5)cc34)c2F)C1. The zero-order valence-electron chi connectivity index (χ0n) is 20.4. The Kier molecular flexibility index (Phi) is 5.95. The number of halogens is 2. The third-order valence-electron chi connectivity index (χ3n) is 7.01. The molecule has 3 aromatic heterocycles. The molecular formula is C26H24F2N6O3S. The lowest BCUT2D eigenvalue weighted by atomic mass is 10.0. The van der Waals surface area contributed by atoms with Crippen LogP contribution in [-0.4, -0.2) is 51.5 Å². The highest BCUT2D eigenvalue weighted by Crippen LogP contribution is 2.38. The summed E-state index contributed by atoms with van der Waals surface area (Å²) in [6, 6.07) is 3.52. The molecule has 9 nitrogen and oxygen atoms in total. The largest absolute Gasteiger partial charge is 0.345 e. The van der Waals surface area contributed by atoms with E-state index in [9.17, 15) is 17.6 Å². The first-order valence-corrected chi connectivity index (χ1v) is 13.8. The molecule has 1 aliphatic heterocycles. The van der Waals surface area contributed by atoms with E-state index >= 15 is 4.39 Å². The summed E-state index contributed by atoms with van der Waals surface area (Å²) in [4.78, 5) is 29.4. The lowest BCUT2D eigenvalue weighted by Crippen LogP contribution is -2.34. The van der Waals surface area contributed by atoms with Gasteiger partial charge < -0.3 is 4.98 Å². The third kappa shape index (κ3) is 4.43. The van der Waals surface area contributed by atoms with Gasteiger partial charge in [-0.1, -0.05) is 6.92 Å². The molecule has 1 atom stereocenters. The van der Waals surface area contributed by atoms with Crippen LogP contribution in [0.5, 0.6) is 0 Å². The van der Waals surface area contributed by atoms with Crippen molar-refractivity contribution >= 4 is 32.7 Å². The number of H-pyrrole nitrogens is 1. The van der Waals surface area contributed by atoms with Gasteiger partial charge in [-0.3, -0.25) is 9.52 Å². The fraction of sp³-hybridized carbons (Fsp3) is 0.308. The molecule has 12 heteroatoms. The first-order chi connectivity index (χ1) is 18.2. The molecule has 196 valence electrons. The molecule has 2 N–H and O–H groups in total. The number of aromatic amines is 1. The average Bonchev–Trinajstić information content (AvgIpc) is 3.51. The maximum atomic E-state index is 15.5. The fourth-order valence-corrected chi connectivity index (χ4v) is 6.04. The number of carbonyl (C=O) groups is 1. The molecule has 4 aromatic rings. The van der Waals surface area contributed by atoms with Gasteiger partial charge in [-0.25, -0.2) is 23.7 Å². The van der Waals surface area contributed by atoms with E-state index in [1.54, 1.807) is 24.7 Å². The summed E-state index contributed by atoms with van der Waals surface area (Å²) in [7, 11) is -4.07.